The Morgan fingerprint density at radius 3 is 2.62 bits per heavy atom. The molecular weight excluding hydrogens is 198 g/mol. The van der Waals surface area contributed by atoms with Gasteiger partial charge in [-0.1, -0.05) is 18.2 Å². The lowest BCUT2D eigenvalue weighted by Crippen LogP contribution is -2.40. The first-order valence-electron chi connectivity index (χ1n) is 6.00. The van der Waals surface area contributed by atoms with Gasteiger partial charge in [-0.3, -0.25) is 0 Å². The van der Waals surface area contributed by atoms with Crippen LogP contribution in [0.1, 0.15) is 32.3 Å². The largest absolute Gasteiger partial charge is 0.496 e. The molecule has 0 aromatic heterocycles. The van der Waals surface area contributed by atoms with E-state index in [9.17, 15) is 0 Å². The summed E-state index contributed by atoms with van der Waals surface area (Å²) in [4.78, 5) is 0. The molecule has 2 nitrogen and oxygen atoms in total. The van der Waals surface area contributed by atoms with Crippen molar-refractivity contribution in [3.05, 3.63) is 29.8 Å². The van der Waals surface area contributed by atoms with Crippen LogP contribution in [-0.4, -0.2) is 12.6 Å². The number of benzene rings is 1. The van der Waals surface area contributed by atoms with Crippen molar-refractivity contribution in [3.63, 3.8) is 0 Å². The molecule has 16 heavy (non-hydrogen) atoms. The molecule has 0 atom stereocenters. The number of nitrogens with one attached hydrogen (secondary N) is 1. The molecule has 0 saturated heterocycles. The number of ether oxygens (including phenoxy) is 1. The molecule has 1 N–H and O–H groups in total. The van der Waals surface area contributed by atoms with Crippen LogP contribution in [0, 0.1) is 5.92 Å². The van der Waals surface area contributed by atoms with Crippen molar-refractivity contribution in [2.45, 2.75) is 38.8 Å². The summed E-state index contributed by atoms with van der Waals surface area (Å²) < 4.78 is 5.35. The number of hydrogen-bond donors (Lipinski definition) is 1. The first kappa shape index (κ1) is 11.5. The molecule has 0 radical (unpaired) electrons. The summed E-state index contributed by atoms with van der Waals surface area (Å²) in [5.41, 5.74) is 1.49. The molecular formula is C14H21NO. The summed E-state index contributed by atoms with van der Waals surface area (Å²) in [5.74, 6) is 1.82. The number of rotatable bonds is 5. The van der Waals surface area contributed by atoms with E-state index in [2.05, 4.69) is 31.3 Å². The van der Waals surface area contributed by atoms with Gasteiger partial charge in [-0.15, -0.1) is 0 Å². The van der Waals surface area contributed by atoms with Gasteiger partial charge >= 0.3 is 0 Å². The minimum Gasteiger partial charge on any atom is -0.496 e. The maximum Gasteiger partial charge on any atom is 0.123 e. The number of methoxy groups -OCH3 is 1. The lowest BCUT2D eigenvalue weighted by molar-refractivity contribution is 0.334. The Bertz CT molecular complexity index is 356. The van der Waals surface area contributed by atoms with Gasteiger partial charge in [0.1, 0.15) is 5.75 Å². The average molecular weight is 219 g/mol. The summed E-state index contributed by atoms with van der Waals surface area (Å²) in [7, 11) is 1.73. The second-order valence-electron chi connectivity index (χ2n) is 5.16. The van der Waals surface area contributed by atoms with Gasteiger partial charge in [0.05, 0.1) is 7.11 Å². The van der Waals surface area contributed by atoms with E-state index in [0.717, 1.165) is 18.2 Å². The standard InChI is InChI=1S/C14H21NO/c1-14(2,12-8-9-12)15-10-11-6-4-5-7-13(11)16-3/h4-7,12,15H,8-10H2,1-3H3. The smallest absolute Gasteiger partial charge is 0.123 e. The number of para-hydroxylation sites is 1. The highest BCUT2D eigenvalue weighted by atomic mass is 16.5. The van der Waals surface area contributed by atoms with Gasteiger partial charge in [0, 0.05) is 17.6 Å². The van der Waals surface area contributed by atoms with Crippen LogP contribution in [0.25, 0.3) is 0 Å². The first-order chi connectivity index (χ1) is 7.63. The predicted octanol–water partition coefficient (Wildman–Crippen LogP) is 2.97. The molecule has 0 aliphatic heterocycles. The van der Waals surface area contributed by atoms with E-state index in [-0.39, 0.29) is 5.54 Å². The van der Waals surface area contributed by atoms with E-state index in [4.69, 9.17) is 4.74 Å². The van der Waals surface area contributed by atoms with E-state index < -0.39 is 0 Å². The molecule has 0 amide bonds. The quantitative estimate of drug-likeness (QED) is 0.822. The Hall–Kier alpha value is -1.02. The lowest BCUT2D eigenvalue weighted by atomic mass is 9.98. The third kappa shape index (κ3) is 2.56. The summed E-state index contributed by atoms with van der Waals surface area (Å²) in [5, 5.41) is 3.63. The number of hydrogen-bond acceptors (Lipinski definition) is 2. The minimum absolute atomic E-state index is 0.251. The molecule has 0 unspecified atom stereocenters. The van der Waals surface area contributed by atoms with Crippen molar-refractivity contribution in [3.8, 4) is 5.75 Å². The minimum atomic E-state index is 0.251. The Kier molecular flexibility index (Phi) is 3.20. The summed E-state index contributed by atoms with van der Waals surface area (Å²) in [6.07, 6.45) is 2.73. The van der Waals surface area contributed by atoms with Crippen LogP contribution in [0.2, 0.25) is 0 Å². The Balaban J connectivity index is 1.98. The van der Waals surface area contributed by atoms with Crippen molar-refractivity contribution in [1.82, 2.24) is 5.32 Å². The monoisotopic (exact) mass is 219 g/mol. The third-order valence-corrected chi connectivity index (χ3v) is 3.52. The predicted molar refractivity (Wildman–Crippen MR) is 66.6 cm³/mol. The molecule has 2 rings (SSSR count). The zero-order valence-corrected chi connectivity index (χ0v) is 10.4. The molecule has 0 heterocycles. The van der Waals surface area contributed by atoms with E-state index in [1.165, 1.54) is 18.4 Å². The van der Waals surface area contributed by atoms with Crippen molar-refractivity contribution in [2.75, 3.05) is 7.11 Å². The van der Waals surface area contributed by atoms with Crippen LogP contribution >= 0.6 is 0 Å². The molecule has 2 heteroatoms. The lowest BCUT2D eigenvalue weighted by Gasteiger charge is -2.26. The fourth-order valence-corrected chi connectivity index (χ4v) is 2.12. The van der Waals surface area contributed by atoms with Crippen molar-refractivity contribution in [1.29, 1.82) is 0 Å². The highest BCUT2D eigenvalue weighted by molar-refractivity contribution is 5.33. The summed E-state index contributed by atoms with van der Waals surface area (Å²) >= 11 is 0. The van der Waals surface area contributed by atoms with E-state index in [1.807, 2.05) is 12.1 Å². The van der Waals surface area contributed by atoms with Crippen LogP contribution in [0.4, 0.5) is 0 Å². The van der Waals surface area contributed by atoms with Crippen molar-refractivity contribution in [2.24, 2.45) is 5.92 Å². The van der Waals surface area contributed by atoms with Crippen LogP contribution in [-0.2, 0) is 6.54 Å². The second kappa shape index (κ2) is 4.46. The van der Waals surface area contributed by atoms with Crippen LogP contribution in [0.15, 0.2) is 24.3 Å². The summed E-state index contributed by atoms with van der Waals surface area (Å²) in [6.45, 7) is 5.47. The zero-order valence-electron chi connectivity index (χ0n) is 10.4. The van der Waals surface area contributed by atoms with Gasteiger partial charge in [0.15, 0.2) is 0 Å². The molecule has 1 saturated carbocycles. The molecule has 0 spiro atoms. The SMILES string of the molecule is COc1ccccc1CNC(C)(C)C1CC1. The zero-order chi connectivity index (χ0) is 11.6. The normalized spacial score (nSPS) is 16.2. The highest BCUT2D eigenvalue weighted by Crippen LogP contribution is 2.39. The molecule has 88 valence electrons. The Morgan fingerprint density at radius 2 is 2.00 bits per heavy atom. The molecule has 1 aliphatic carbocycles. The average Bonchev–Trinajstić information content (AvgIpc) is 3.11. The highest BCUT2D eigenvalue weighted by Gasteiger charge is 2.37. The van der Waals surface area contributed by atoms with Crippen LogP contribution in [0.5, 0.6) is 5.75 Å². The van der Waals surface area contributed by atoms with Crippen LogP contribution < -0.4 is 10.1 Å². The van der Waals surface area contributed by atoms with Gasteiger partial charge in [0.2, 0.25) is 0 Å². The fraction of sp³-hybridized carbons (Fsp3) is 0.571. The maximum atomic E-state index is 5.35. The third-order valence-electron chi connectivity index (χ3n) is 3.52. The first-order valence-corrected chi connectivity index (χ1v) is 6.00. The van der Waals surface area contributed by atoms with Crippen LogP contribution in [0.3, 0.4) is 0 Å². The van der Waals surface area contributed by atoms with Gasteiger partial charge in [0.25, 0.3) is 0 Å². The van der Waals surface area contributed by atoms with E-state index in [1.54, 1.807) is 7.11 Å². The Labute approximate surface area is 98.0 Å². The molecule has 1 aromatic carbocycles. The van der Waals surface area contributed by atoms with E-state index in [0.29, 0.717) is 0 Å². The second-order valence-corrected chi connectivity index (χ2v) is 5.16. The maximum absolute atomic E-state index is 5.35. The molecule has 1 aromatic rings. The van der Waals surface area contributed by atoms with Gasteiger partial charge in [-0.2, -0.15) is 0 Å². The van der Waals surface area contributed by atoms with Gasteiger partial charge < -0.3 is 10.1 Å². The fourth-order valence-electron chi connectivity index (χ4n) is 2.12. The molecule has 0 bridgehead atoms. The van der Waals surface area contributed by atoms with Crippen molar-refractivity contribution < 1.29 is 4.74 Å². The molecule has 1 fully saturated rings. The van der Waals surface area contributed by atoms with Gasteiger partial charge in [-0.05, 0) is 38.7 Å². The van der Waals surface area contributed by atoms with Gasteiger partial charge in [-0.25, -0.2) is 0 Å². The van der Waals surface area contributed by atoms with E-state index >= 15 is 0 Å². The molecule has 1 aliphatic rings. The Morgan fingerprint density at radius 1 is 1.31 bits per heavy atom. The topological polar surface area (TPSA) is 21.3 Å². The summed E-state index contributed by atoms with van der Waals surface area (Å²) in [6, 6.07) is 8.20. The van der Waals surface area contributed by atoms with Crippen molar-refractivity contribution >= 4 is 0 Å².